The van der Waals surface area contributed by atoms with Crippen molar-refractivity contribution in [3.8, 4) is 21.7 Å². The first-order valence-corrected chi connectivity index (χ1v) is 7.18. The van der Waals surface area contributed by atoms with Crippen molar-refractivity contribution >= 4 is 22.4 Å². The molecule has 0 bridgehead atoms. The minimum absolute atomic E-state index is 0.498. The monoisotopic (exact) mass is 296 g/mol. The first-order chi connectivity index (χ1) is 10.3. The van der Waals surface area contributed by atoms with Crippen LogP contribution in [0.3, 0.4) is 0 Å². The van der Waals surface area contributed by atoms with E-state index in [1.54, 1.807) is 29.8 Å². The summed E-state index contributed by atoms with van der Waals surface area (Å²) in [6.45, 7) is 0. The van der Waals surface area contributed by atoms with Gasteiger partial charge in [0.2, 0.25) is 5.95 Å². The predicted molar refractivity (Wildman–Crippen MR) is 80.4 cm³/mol. The molecular formula is C15H9FN4S. The van der Waals surface area contributed by atoms with Crippen LogP contribution in [0.4, 0.5) is 4.39 Å². The van der Waals surface area contributed by atoms with E-state index in [9.17, 15) is 4.39 Å². The van der Waals surface area contributed by atoms with Gasteiger partial charge in [-0.3, -0.25) is 0 Å². The fraction of sp³-hybridized carbons (Fsp3) is 0. The minimum atomic E-state index is -0.498. The SMILES string of the molecule is Fc1cc(-c2cnc3[nH]cc(-c4nccs4)c3c2)ccn1. The summed E-state index contributed by atoms with van der Waals surface area (Å²) in [7, 11) is 0. The van der Waals surface area contributed by atoms with Crippen molar-refractivity contribution in [3.05, 3.63) is 54.3 Å². The van der Waals surface area contributed by atoms with Gasteiger partial charge < -0.3 is 4.98 Å². The molecule has 0 aliphatic carbocycles. The zero-order valence-electron chi connectivity index (χ0n) is 10.7. The van der Waals surface area contributed by atoms with Gasteiger partial charge in [0.1, 0.15) is 10.7 Å². The summed E-state index contributed by atoms with van der Waals surface area (Å²) < 4.78 is 13.3. The number of fused-ring (bicyclic) bond motifs is 1. The molecule has 102 valence electrons. The zero-order chi connectivity index (χ0) is 14.2. The summed E-state index contributed by atoms with van der Waals surface area (Å²) in [5.74, 6) is -0.498. The molecule has 21 heavy (non-hydrogen) atoms. The molecule has 0 atom stereocenters. The first kappa shape index (κ1) is 12.2. The van der Waals surface area contributed by atoms with E-state index in [4.69, 9.17) is 0 Å². The Labute approximate surface area is 123 Å². The van der Waals surface area contributed by atoms with E-state index in [1.807, 2.05) is 17.6 Å². The first-order valence-electron chi connectivity index (χ1n) is 6.30. The summed E-state index contributed by atoms with van der Waals surface area (Å²) in [6, 6.07) is 5.16. The molecule has 0 saturated heterocycles. The van der Waals surface area contributed by atoms with Gasteiger partial charge in [0.15, 0.2) is 0 Å². The summed E-state index contributed by atoms with van der Waals surface area (Å²) >= 11 is 1.57. The Morgan fingerprint density at radius 1 is 1.05 bits per heavy atom. The number of thiazole rings is 1. The lowest BCUT2D eigenvalue weighted by Crippen LogP contribution is -1.86. The molecule has 4 aromatic rings. The molecule has 0 amide bonds. The zero-order valence-corrected chi connectivity index (χ0v) is 11.6. The standard InChI is InChI=1S/C15H9FN4S/c16-13-6-9(1-2-17-13)10-5-11-12(15-18-3-4-21-15)8-20-14(11)19-7-10/h1-8H,(H,19,20). The molecule has 1 N–H and O–H groups in total. The van der Waals surface area contributed by atoms with Crippen LogP contribution < -0.4 is 0 Å². The molecule has 6 heteroatoms. The van der Waals surface area contributed by atoms with Gasteiger partial charge in [0.05, 0.1) is 0 Å². The second kappa shape index (κ2) is 4.75. The van der Waals surface area contributed by atoms with Crippen LogP contribution in [0.25, 0.3) is 32.7 Å². The number of rotatable bonds is 2. The van der Waals surface area contributed by atoms with Crippen molar-refractivity contribution in [2.24, 2.45) is 0 Å². The summed E-state index contributed by atoms with van der Waals surface area (Å²) in [6.07, 6.45) is 6.84. The third kappa shape index (κ3) is 2.09. The van der Waals surface area contributed by atoms with E-state index in [0.29, 0.717) is 0 Å². The number of hydrogen-bond acceptors (Lipinski definition) is 4. The molecule has 0 spiro atoms. The van der Waals surface area contributed by atoms with Gasteiger partial charge in [-0.15, -0.1) is 11.3 Å². The highest BCUT2D eigenvalue weighted by Gasteiger charge is 2.11. The molecular weight excluding hydrogens is 287 g/mol. The Hall–Kier alpha value is -2.60. The lowest BCUT2D eigenvalue weighted by Gasteiger charge is -2.02. The Balaban J connectivity index is 1.91. The van der Waals surface area contributed by atoms with Crippen LogP contribution >= 0.6 is 11.3 Å². The third-order valence-corrected chi connectivity index (χ3v) is 4.06. The molecule has 4 rings (SSSR count). The maximum atomic E-state index is 13.3. The Morgan fingerprint density at radius 2 is 2.00 bits per heavy atom. The number of nitrogens with one attached hydrogen (secondary N) is 1. The molecule has 0 aromatic carbocycles. The molecule has 0 radical (unpaired) electrons. The van der Waals surface area contributed by atoms with Gasteiger partial charge in [0.25, 0.3) is 0 Å². The average molecular weight is 296 g/mol. The van der Waals surface area contributed by atoms with Crippen LogP contribution in [0.5, 0.6) is 0 Å². The van der Waals surface area contributed by atoms with Crippen molar-refractivity contribution < 1.29 is 4.39 Å². The number of halogens is 1. The van der Waals surface area contributed by atoms with Crippen molar-refractivity contribution in [2.45, 2.75) is 0 Å². The minimum Gasteiger partial charge on any atom is -0.345 e. The average Bonchev–Trinajstić information content (AvgIpc) is 3.15. The maximum Gasteiger partial charge on any atom is 0.213 e. The van der Waals surface area contributed by atoms with E-state index in [0.717, 1.165) is 32.7 Å². The highest BCUT2D eigenvalue weighted by molar-refractivity contribution is 7.13. The van der Waals surface area contributed by atoms with Crippen LogP contribution in [0.2, 0.25) is 0 Å². The Morgan fingerprint density at radius 3 is 2.81 bits per heavy atom. The van der Waals surface area contributed by atoms with Crippen LogP contribution in [-0.4, -0.2) is 19.9 Å². The van der Waals surface area contributed by atoms with E-state index >= 15 is 0 Å². The fourth-order valence-electron chi connectivity index (χ4n) is 2.28. The maximum absolute atomic E-state index is 13.3. The van der Waals surface area contributed by atoms with Gasteiger partial charge in [-0.05, 0) is 17.7 Å². The number of H-pyrrole nitrogens is 1. The molecule has 0 aliphatic heterocycles. The van der Waals surface area contributed by atoms with Crippen LogP contribution in [0, 0.1) is 5.95 Å². The highest BCUT2D eigenvalue weighted by atomic mass is 32.1. The van der Waals surface area contributed by atoms with Gasteiger partial charge >= 0.3 is 0 Å². The van der Waals surface area contributed by atoms with Crippen molar-refractivity contribution in [1.29, 1.82) is 0 Å². The fourth-order valence-corrected chi connectivity index (χ4v) is 2.94. The third-order valence-electron chi connectivity index (χ3n) is 3.25. The quantitative estimate of drug-likeness (QED) is 0.571. The molecule has 0 fully saturated rings. The molecule has 0 unspecified atom stereocenters. The number of nitrogens with zero attached hydrogens (tertiary/aromatic N) is 3. The number of hydrogen-bond donors (Lipinski definition) is 1. The van der Waals surface area contributed by atoms with Gasteiger partial charge in [-0.25, -0.2) is 15.0 Å². The number of aromatic amines is 1. The lowest BCUT2D eigenvalue weighted by atomic mass is 10.1. The Bertz CT molecular complexity index is 914. The number of aromatic nitrogens is 4. The molecule has 4 aromatic heterocycles. The second-order valence-corrected chi connectivity index (χ2v) is 5.42. The van der Waals surface area contributed by atoms with Crippen LogP contribution in [0.1, 0.15) is 0 Å². The molecule has 0 saturated carbocycles. The summed E-state index contributed by atoms with van der Waals surface area (Å²) in [5, 5.41) is 3.84. The van der Waals surface area contributed by atoms with Gasteiger partial charge in [0, 0.05) is 52.7 Å². The predicted octanol–water partition coefficient (Wildman–Crippen LogP) is 3.89. The van der Waals surface area contributed by atoms with Crippen molar-refractivity contribution in [1.82, 2.24) is 19.9 Å². The summed E-state index contributed by atoms with van der Waals surface area (Å²) in [5.41, 5.74) is 3.40. The van der Waals surface area contributed by atoms with Crippen LogP contribution in [0.15, 0.2) is 48.4 Å². The van der Waals surface area contributed by atoms with E-state index in [1.165, 1.54) is 12.3 Å². The normalized spacial score (nSPS) is 11.1. The van der Waals surface area contributed by atoms with Crippen LogP contribution in [-0.2, 0) is 0 Å². The molecule has 0 aliphatic rings. The molecule has 4 nitrogen and oxygen atoms in total. The van der Waals surface area contributed by atoms with Crippen molar-refractivity contribution in [3.63, 3.8) is 0 Å². The highest BCUT2D eigenvalue weighted by Crippen LogP contribution is 2.31. The van der Waals surface area contributed by atoms with E-state index < -0.39 is 5.95 Å². The van der Waals surface area contributed by atoms with E-state index in [2.05, 4.69) is 19.9 Å². The smallest absolute Gasteiger partial charge is 0.213 e. The lowest BCUT2D eigenvalue weighted by molar-refractivity contribution is 0.584. The topological polar surface area (TPSA) is 54.5 Å². The van der Waals surface area contributed by atoms with E-state index in [-0.39, 0.29) is 0 Å². The number of pyridine rings is 2. The largest absolute Gasteiger partial charge is 0.345 e. The van der Waals surface area contributed by atoms with Gasteiger partial charge in [-0.1, -0.05) is 0 Å². The summed E-state index contributed by atoms with van der Waals surface area (Å²) in [4.78, 5) is 15.4. The van der Waals surface area contributed by atoms with Crippen molar-refractivity contribution in [2.75, 3.05) is 0 Å². The van der Waals surface area contributed by atoms with Gasteiger partial charge in [-0.2, -0.15) is 4.39 Å². The molecule has 4 heterocycles. The second-order valence-electron chi connectivity index (χ2n) is 4.53. The Kier molecular flexibility index (Phi) is 2.75.